The van der Waals surface area contributed by atoms with Gasteiger partial charge in [0.2, 0.25) is 0 Å². The minimum atomic E-state index is -0.372. The molecule has 0 aliphatic heterocycles. The summed E-state index contributed by atoms with van der Waals surface area (Å²) in [5, 5.41) is 13.3. The summed E-state index contributed by atoms with van der Waals surface area (Å²) >= 11 is 6.15. The molecule has 5 heteroatoms. The summed E-state index contributed by atoms with van der Waals surface area (Å²) < 4.78 is 0. The summed E-state index contributed by atoms with van der Waals surface area (Å²) in [6.07, 6.45) is 3.09. The predicted molar refractivity (Wildman–Crippen MR) is 73.2 cm³/mol. The Balaban J connectivity index is 2.31. The number of aliphatic hydroxyl groups is 1. The van der Waals surface area contributed by atoms with Crippen LogP contribution in [0.25, 0.3) is 0 Å². The second-order valence-electron chi connectivity index (χ2n) is 5.32. The van der Waals surface area contributed by atoms with Crippen LogP contribution >= 0.6 is 11.6 Å². The lowest BCUT2D eigenvalue weighted by Crippen LogP contribution is -2.38. The van der Waals surface area contributed by atoms with Crippen molar-refractivity contribution in [2.75, 3.05) is 11.9 Å². The number of aromatic nitrogens is 2. The van der Waals surface area contributed by atoms with Gasteiger partial charge in [-0.2, -0.15) is 0 Å². The molecule has 100 valence electrons. The maximum atomic E-state index is 9.46. The third kappa shape index (κ3) is 2.75. The van der Waals surface area contributed by atoms with E-state index in [0.717, 1.165) is 36.5 Å². The SMILES string of the molecule is CCC(C)(CO)Nc1nc(C2CC2)nc(Cl)c1C. The van der Waals surface area contributed by atoms with E-state index in [1.165, 1.54) is 0 Å². The van der Waals surface area contributed by atoms with Crippen LogP contribution in [0.4, 0.5) is 5.82 Å². The van der Waals surface area contributed by atoms with Gasteiger partial charge in [-0.15, -0.1) is 0 Å². The molecule has 1 aliphatic carbocycles. The maximum Gasteiger partial charge on any atom is 0.137 e. The monoisotopic (exact) mass is 269 g/mol. The topological polar surface area (TPSA) is 58.0 Å². The van der Waals surface area contributed by atoms with Crippen LogP contribution in [0.5, 0.6) is 0 Å². The molecular formula is C13H20ClN3O. The van der Waals surface area contributed by atoms with Crippen molar-refractivity contribution in [2.24, 2.45) is 0 Å². The third-order valence-electron chi connectivity index (χ3n) is 3.60. The van der Waals surface area contributed by atoms with Gasteiger partial charge in [-0.3, -0.25) is 0 Å². The van der Waals surface area contributed by atoms with Gasteiger partial charge in [0.05, 0.1) is 12.1 Å². The number of nitrogens with zero attached hydrogens (tertiary/aromatic N) is 2. The highest BCUT2D eigenvalue weighted by Crippen LogP contribution is 2.39. The molecule has 0 radical (unpaired) electrons. The van der Waals surface area contributed by atoms with Gasteiger partial charge in [-0.25, -0.2) is 9.97 Å². The second kappa shape index (κ2) is 5.02. The zero-order chi connectivity index (χ0) is 13.3. The standard InChI is InChI=1S/C13H20ClN3O/c1-4-13(3,7-18)17-11-8(2)10(14)15-12(16-11)9-5-6-9/h9,18H,4-7H2,1-3H3,(H,15,16,17). The van der Waals surface area contributed by atoms with Gasteiger partial charge in [0, 0.05) is 11.5 Å². The Kier molecular flexibility index (Phi) is 3.78. The Bertz CT molecular complexity index is 442. The van der Waals surface area contributed by atoms with E-state index in [4.69, 9.17) is 11.6 Å². The van der Waals surface area contributed by atoms with Gasteiger partial charge in [0.1, 0.15) is 16.8 Å². The first-order chi connectivity index (χ1) is 8.49. The minimum absolute atomic E-state index is 0.0589. The lowest BCUT2D eigenvalue weighted by molar-refractivity contribution is 0.218. The minimum Gasteiger partial charge on any atom is -0.394 e. The molecule has 1 heterocycles. The Morgan fingerprint density at radius 2 is 2.11 bits per heavy atom. The fourth-order valence-corrected chi connectivity index (χ4v) is 1.85. The van der Waals surface area contributed by atoms with E-state index in [-0.39, 0.29) is 12.1 Å². The average Bonchev–Trinajstić information content (AvgIpc) is 3.18. The lowest BCUT2D eigenvalue weighted by Gasteiger charge is -2.28. The van der Waals surface area contributed by atoms with Crippen LogP contribution in [0, 0.1) is 6.92 Å². The number of aliphatic hydroxyl groups excluding tert-OH is 1. The molecule has 1 fully saturated rings. The number of hydrogen-bond donors (Lipinski definition) is 2. The van der Waals surface area contributed by atoms with Crippen LogP contribution in [0.15, 0.2) is 0 Å². The van der Waals surface area contributed by atoms with Gasteiger partial charge in [-0.05, 0) is 33.1 Å². The number of hydrogen-bond acceptors (Lipinski definition) is 4. The van der Waals surface area contributed by atoms with Crippen LogP contribution in [-0.4, -0.2) is 27.2 Å². The molecule has 1 aliphatic rings. The van der Waals surface area contributed by atoms with Crippen molar-refractivity contribution in [3.8, 4) is 0 Å². The van der Waals surface area contributed by atoms with E-state index in [0.29, 0.717) is 11.1 Å². The molecule has 0 saturated heterocycles. The molecule has 1 atom stereocenters. The van der Waals surface area contributed by atoms with E-state index < -0.39 is 0 Å². The maximum absolute atomic E-state index is 9.46. The molecule has 1 unspecified atom stereocenters. The first kappa shape index (κ1) is 13.6. The van der Waals surface area contributed by atoms with Crippen molar-refractivity contribution in [3.05, 3.63) is 16.5 Å². The largest absolute Gasteiger partial charge is 0.394 e. The Morgan fingerprint density at radius 1 is 1.44 bits per heavy atom. The van der Waals surface area contributed by atoms with E-state index >= 15 is 0 Å². The van der Waals surface area contributed by atoms with Crippen molar-refractivity contribution < 1.29 is 5.11 Å². The van der Waals surface area contributed by atoms with Gasteiger partial charge < -0.3 is 10.4 Å². The van der Waals surface area contributed by atoms with Crippen LogP contribution < -0.4 is 5.32 Å². The average molecular weight is 270 g/mol. The molecular weight excluding hydrogens is 250 g/mol. The van der Waals surface area contributed by atoms with Gasteiger partial charge in [0.25, 0.3) is 0 Å². The summed E-state index contributed by atoms with van der Waals surface area (Å²) in [7, 11) is 0. The Labute approximate surface area is 113 Å². The first-order valence-electron chi connectivity index (χ1n) is 6.42. The molecule has 0 aromatic carbocycles. The quantitative estimate of drug-likeness (QED) is 0.807. The Hall–Kier alpha value is -0.870. The van der Waals surface area contributed by atoms with Gasteiger partial charge in [0.15, 0.2) is 0 Å². The zero-order valence-corrected chi connectivity index (χ0v) is 11.9. The van der Waals surface area contributed by atoms with Crippen molar-refractivity contribution in [1.82, 2.24) is 9.97 Å². The highest BCUT2D eigenvalue weighted by molar-refractivity contribution is 6.30. The van der Waals surface area contributed by atoms with Crippen LogP contribution in [0.3, 0.4) is 0 Å². The van der Waals surface area contributed by atoms with Gasteiger partial charge >= 0.3 is 0 Å². The zero-order valence-electron chi connectivity index (χ0n) is 11.1. The molecule has 2 N–H and O–H groups in total. The second-order valence-corrected chi connectivity index (χ2v) is 5.68. The highest BCUT2D eigenvalue weighted by atomic mass is 35.5. The number of anilines is 1. The first-order valence-corrected chi connectivity index (χ1v) is 6.80. The molecule has 0 spiro atoms. The van der Waals surface area contributed by atoms with Crippen molar-refractivity contribution >= 4 is 17.4 Å². The van der Waals surface area contributed by atoms with Crippen LogP contribution in [-0.2, 0) is 0 Å². The van der Waals surface area contributed by atoms with Crippen molar-refractivity contribution in [2.45, 2.75) is 51.5 Å². The number of rotatable bonds is 5. The van der Waals surface area contributed by atoms with E-state index in [1.54, 1.807) is 0 Å². The molecule has 4 nitrogen and oxygen atoms in total. The van der Waals surface area contributed by atoms with E-state index in [2.05, 4.69) is 15.3 Å². The highest BCUT2D eigenvalue weighted by Gasteiger charge is 2.29. The third-order valence-corrected chi connectivity index (χ3v) is 3.96. The molecule has 18 heavy (non-hydrogen) atoms. The summed E-state index contributed by atoms with van der Waals surface area (Å²) in [6, 6.07) is 0. The summed E-state index contributed by atoms with van der Waals surface area (Å²) in [4.78, 5) is 8.89. The van der Waals surface area contributed by atoms with Crippen LogP contribution in [0.1, 0.15) is 50.4 Å². The fraction of sp³-hybridized carbons (Fsp3) is 0.692. The number of nitrogens with one attached hydrogen (secondary N) is 1. The normalized spacial score (nSPS) is 18.5. The Morgan fingerprint density at radius 3 is 2.61 bits per heavy atom. The lowest BCUT2D eigenvalue weighted by atomic mass is 10.00. The van der Waals surface area contributed by atoms with Crippen LogP contribution in [0.2, 0.25) is 5.15 Å². The fourth-order valence-electron chi connectivity index (χ4n) is 1.68. The van der Waals surface area contributed by atoms with Gasteiger partial charge in [-0.1, -0.05) is 18.5 Å². The molecule has 1 aromatic rings. The smallest absolute Gasteiger partial charge is 0.137 e. The molecule has 2 rings (SSSR count). The van der Waals surface area contributed by atoms with Crippen molar-refractivity contribution in [3.63, 3.8) is 0 Å². The molecule has 0 amide bonds. The van der Waals surface area contributed by atoms with E-state index in [1.807, 2.05) is 20.8 Å². The molecule has 0 bridgehead atoms. The summed E-state index contributed by atoms with van der Waals surface area (Å²) in [6.45, 7) is 5.96. The van der Waals surface area contributed by atoms with Crippen molar-refractivity contribution in [1.29, 1.82) is 0 Å². The molecule has 1 saturated carbocycles. The summed E-state index contributed by atoms with van der Waals surface area (Å²) in [5.74, 6) is 2.03. The summed E-state index contributed by atoms with van der Waals surface area (Å²) in [5.41, 5.74) is 0.470. The van der Waals surface area contributed by atoms with E-state index in [9.17, 15) is 5.11 Å². The molecule has 1 aromatic heterocycles. The number of halogens is 1. The predicted octanol–water partition coefficient (Wildman–Crippen LogP) is 2.89.